The van der Waals surface area contributed by atoms with Gasteiger partial charge in [-0.15, -0.1) is 11.6 Å². The molecule has 0 aromatic heterocycles. The van der Waals surface area contributed by atoms with Crippen molar-refractivity contribution in [2.24, 2.45) is 5.92 Å². The molecule has 1 unspecified atom stereocenters. The number of halogens is 1. The lowest BCUT2D eigenvalue weighted by Gasteiger charge is -2.34. The van der Waals surface area contributed by atoms with E-state index in [1.54, 1.807) is 0 Å². The third-order valence-electron chi connectivity index (χ3n) is 7.14. The average Bonchev–Trinajstić information content (AvgIpc) is 3.28. The van der Waals surface area contributed by atoms with Crippen molar-refractivity contribution in [3.05, 3.63) is 119 Å². The number of ether oxygens (including phenoxy) is 2. The largest absolute Gasteiger partial charge is 0.493 e. The third kappa shape index (κ3) is 4.79. The van der Waals surface area contributed by atoms with Crippen LogP contribution >= 0.6 is 11.6 Å². The maximum Gasteiger partial charge on any atom is 0.119 e. The fraction of sp³-hybridized carbons (Fsp3) is 0.250. The highest BCUT2D eigenvalue weighted by Gasteiger charge is 2.45. The first-order valence-electron chi connectivity index (χ1n) is 12.7. The number of hydrogen-bond donors (Lipinski definition) is 3. The van der Waals surface area contributed by atoms with Crippen LogP contribution in [0.25, 0.3) is 11.1 Å². The number of aliphatic hydroxyl groups is 3. The van der Waals surface area contributed by atoms with Gasteiger partial charge in [0, 0.05) is 11.8 Å². The Morgan fingerprint density at radius 1 is 0.632 bits per heavy atom. The van der Waals surface area contributed by atoms with Gasteiger partial charge in [-0.2, -0.15) is 0 Å². The second-order valence-electron chi connectivity index (χ2n) is 9.55. The second kappa shape index (κ2) is 11.6. The third-order valence-corrected chi connectivity index (χ3v) is 7.58. The van der Waals surface area contributed by atoms with Crippen molar-refractivity contribution >= 4 is 11.6 Å². The minimum Gasteiger partial charge on any atom is -0.493 e. The molecule has 5 rings (SSSR count). The van der Waals surface area contributed by atoms with Crippen LogP contribution in [-0.2, 0) is 5.41 Å². The van der Waals surface area contributed by atoms with Crippen molar-refractivity contribution in [3.63, 3.8) is 0 Å². The molecule has 0 amide bonds. The Morgan fingerprint density at radius 2 is 1.11 bits per heavy atom. The molecule has 0 fully saturated rings. The molecule has 4 aromatic rings. The molecule has 0 heterocycles. The van der Waals surface area contributed by atoms with Crippen LogP contribution in [0.15, 0.2) is 97.1 Å². The number of rotatable bonds is 11. The summed E-state index contributed by atoms with van der Waals surface area (Å²) in [6.45, 7) is 0.00944. The van der Waals surface area contributed by atoms with Gasteiger partial charge in [0.05, 0.1) is 25.2 Å². The maximum atomic E-state index is 9.67. The molecule has 4 aromatic carbocycles. The van der Waals surface area contributed by atoms with Gasteiger partial charge in [0.25, 0.3) is 0 Å². The summed E-state index contributed by atoms with van der Waals surface area (Å²) in [5.41, 5.74) is 6.41. The van der Waals surface area contributed by atoms with Crippen molar-refractivity contribution in [1.29, 1.82) is 0 Å². The highest BCUT2D eigenvalue weighted by atomic mass is 35.5. The number of fused-ring (bicyclic) bond motifs is 3. The van der Waals surface area contributed by atoms with E-state index in [1.165, 1.54) is 22.3 Å². The first-order valence-corrected chi connectivity index (χ1v) is 13.3. The van der Waals surface area contributed by atoms with Crippen molar-refractivity contribution in [2.45, 2.75) is 11.5 Å². The van der Waals surface area contributed by atoms with Crippen LogP contribution in [0, 0.1) is 5.92 Å². The molecule has 2 atom stereocenters. The lowest BCUT2D eigenvalue weighted by molar-refractivity contribution is 0.0536. The van der Waals surface area contributed by atoms with Gasteiger partial charge < -0.3 is 24.8 Å². The SMILES string of the molecule is OCC(O)COc1ccc(C2(c3ccc(OC[C@@H](CO)CCl)cc3)c3ccccc3-c3ccccc32)cc1. The van der Waals surface area contributed by atoms with Gasteiger partial charge >= 0.3 is 0 Å². The monoisotopic (exact) mass is 530 g/mol. The maximum absolute atomic E-state index is 9.67. The molecule has 0 spiro atoms. The molecule has 0 radical (unpaired) electrons. The molecule has 0 aliphatic heterocycles. The normalized spacial score (nSPS) is 14.8. The van der Waals surface area contributed by atoms with Gasteiger partial charge in [0.15, 0.2) is 0 Å². The highest BCUT2D eigenvalue weighted by Crippen LogP contribution is 2.56. The average molecular weight is 531 g/mol. The summed E-state index contributed by atoms with van der Waals surface area (Å²) in [5, 5.41) is 28.2. The molecule has 5 nitrogen and oxygen atoms in total. The highest BCUT2D eigenvalue weighted by molar-refractivity contribution is 6.18. The Labute approximate surface area is 227 Å². The molecule has 0 bridgehead atoms. The molecule has 1 aliphatic carbocycles. The Balaban J connectivity index is 1.59. The van der Waals surface area contributed by atoms with Gasteiger partial charge in [-0.05, 0) is 57.6 Å². The fourth-order valence-electron chi connectivity index (χ4n) is 5.23. The predicted molar refractivity (Wildman–Crippen MR) is 149 cm³/mol. The summed E-state index contributed by atoms with van der Waals surface area (Å²) in [6.07, 6.45) is -0.924. The summed E-state index contributed by atoms with van der Waals surface area (Å²) in [7, 11) is 0. The van der Waals surface area contributed by atoms with E-state index in [1.807, 2.05) is 24.3 Å². The van der Waals surface area contributed by atoms with E-state index in [2.05, 4.69) is 72.8 Å². The standard InChI is InChI=1S/C32H31ClO5/c33-17-22(18-34)20-37-26-13-9-23(10-14-26)32(24-11-15-27(16-12-24)38-21-25(36)19-35)30-7-3-1-5-28(30)29-6-2-4-8-31(29)32/h1-16,22,25,34-36H,17-21H2/t22-,25?/m1/s1. The topological polar surface area (TPSA) is 79.2 Å². The van der Waals surface area contributed by atoms with Crippen molar-refractivity contribution < 1.29 is 24.8 Å². The molecule has 0 saturated heterocycles. The first-order chi connectivity index (χ1) is 18.6. The fourth-order valence-corrected chi connectivity index (χ4v) is 5.42. The summed E-state index contributed by atoms with van der Waals surface area (Å²) in [5.74, 6) is 1.57. The molecular weight excluding hydrogens is 500 g/mol. The van der Waals surface area contributed by atoms with E-state index < -0.39 is 11.5 Å². The summed E-state index contributed by atoms with van der Waals surface area (Å²) >= 11 is 5.91. The van der Waals surface area contributed by atoms with Gasteiger partial charge in [-0.3, -0.25) is 0 Å². The van der Waals surface area contributed by atoms with Crippen LogP contribution in [0.1, 0.15) is 22.3 Å². The lowest BCUT2D eigenvalue weighted by atomic mass is 9.68. The molecule has 3 N–H and O–H groups in total. The van der Waals surface area contributed by atoms with Gasteiger partial charge in [0.1, 0.15) is 24.2 Å². The lowest BCUT2D eigenvalue weighted by Crippen LogP contribution is -2.28. The van der Waals surface area contributed by atoms with E-state index in [9.17, 15) is 10.2 Å². The summed E-state index contributed by atoms with van der Waals surface area (Å²) in [4.78, 5) is 0. The van der Waals surface area contributed by atoms with Crippen molar-refractivity contribution in [2.75, 3.05) is 32.3 Å². The predicted octanol–water partition coefficient (Wildman–Crippen LogP) is 5.01. The zero-order valence-electron chi connectivity index (χ0n) is 21.0. The second-order valence-corrected chi connectivity index (χ2v) is 9.86. The van der Waals surface area contributed by atoms with Gasteiger partial charge in [-0.25, -0.2) is 0 Å². The number of hydrogen-bond acceptors (Lipinski definition) is 5. The minimum atomic E-state index is -0.924. The molecule has 196 valence electrons. The van der Waals surface area contributed by atoms with Crippen molar-refractivity contribution in [3.8, 4) is 22.6 Å². The smallest absolute Gasteiger partial charge is 0.119 e. The zero-order chi connectivity index (χ0) is 26.5. The van der Waals surface area contributed by atoms with Crippen LogP contribution < -0.4 is 9.47 Å². The first kappa shape index (κ1) is 26.3. The molecule has 6 heteroatoms. The molecule has 1 aliphatic rings. The molecular formula is C32H31ClO5. The van der Waals surface area contributed by atoms with E-state index in [-0.39, 0.29) is 25.7 Å². The number of benzene rings is 4. The number of alkyl halides is 1. The molecule has 0 saturated carbocycles. The minimum absolute atomic E-state index is 0.0169. The van der Waals surface area contributed by atoms with E-state index >= 15 is 0 Å². The zero-order valence-corrected chi connectivity index (χ0v) is 21.7. The van der Waals surface area contributed by atoms with Crippen molar-refractivity contribution in [1.82, 2.24) is 0 Å². The Hall–Kier alpha value is -3.35. The van der Waals surface area contributed by atoms with E-state index in [0.29, 0.717) is 18.2 Å². The van der Waals surface area contributed by atoms with Crippen LogP contribution in [0.3, 0.4) is 0 Å². The Bertz CT molecular complexity index is 1300. The Morgan fingerprint density at radius 3 is 1.55 bits per heavy atom. The van der Waals surface area contributed by atoms with Crippen LogP contribution in [0.5, 0.6) is 11.5 Å². The van der Waals surface area contributed by atoms with Crippen LogP contribution in [0.2, 0.25) is 0 Å². The van der Waals surface area contributed by atoms with Crippen LogP contribution in [0.4, 0.5) is 0 Å². The Kier molecular flexibility index (Phi) is 8.01. The quantitative estimate of drug-likeness (QED) is 0.209. The summed E-state index contributed by atoms with van der Waals surface area (Å²) in [6, 6.07) is 33.1. The van der Waals surface area contributed by atoms with Crippen LogP contribution in [-0.4, -0.2) is 53.7 Å². The van der Waals surface area contributed by atoms with E-state index in [4.69, 9.17) is 26.2 Å². The van der Waals surface area contributed by atoms with Gasteiger partial charge in [-0.1, -0.05) is 72.8 Å². The number of aliphatic hydroxyl groups excluding tert-OH is 3. The van der Waals surface area contributed by atoms with Gasteiger partial charge in [0.2, 0.25) is 0 Å². The molecule has 38 heavy (non-hydrogen) atoms. The summed E-state index contributed by atoms with van der Waals surface area (Å²) < 4.78 is 11.6. The van der Waals surface area contributed by atoms with E-state index in [0.717, 1.165) is 16.9 Å².